The average Bonchev–Trinajstić information content (AvgIpc) is 2.40. The summed E-state index contributed by atoms with van der Waals surface area (Å²) in [5.41, 5.74) is 5.72. The number of nitrogens with one attached hydrogen (secondary N) is 1. The van der Waals surface area contributed by atoms with Crippen LogP contribution >= 0.6 is 11.6 Å². The number of hydrogen-bond donors (Lipinski definition) is 2. The van der Waals surface area contributed by atoms with E-state index >= 15 is 0 Å². The summed E-state index contributed by atoms with van der Waals surface area (Å²) in [6.45, 7) is 5.61. The first-order valence-corrected chi connectivity index (χ1v) is 6.74. The topological polar surface area (TPSA) is 71.2 Å². The van der Waals surface area contributed by atoms with E-state index in [1.807, 2.05) is 7.05 Å². The zero-order valence-corrected chi connectivity index (χ0v) is 12.4. The van der Waals surface area contributed by atoms with Crippen molar-refractivity contribution < 1.29 is 4.79 Å². The Bertz CT molecular complexity index is 439. The van der Waals surface area contributed by atoms with Crippen LogP contribution < -0.4 is 11.1 Å². The van der Waals surface area contributed by atoms with Gasteiger partial charge in [0.25, 0.3) is 5.91 Å². The van der Waals surface area contributed by atoms with Gasteiger partial charge < -0.3 is 16.0 Å². The van der Waals surface area contributed by atoms with Gasteiger partial charge in [-0.25, -0.2) is 4.98 Å². The van der Waals surface area contributed by atoms with Crippen molar-refractivity contribution in [2.75, 3.05) is 25.9 Å². The zero-order valence-electron chi connectivity index (χ0n) is 11.6. The van der Waals surface area contributed by atoms with Crippen molar-refractivity contribution in [1.82, 2.24) is 15.2 Å². The summed E-state index contributed by atoms with van der Waals surface area (Å²) in [6.07, 6.45) is 1.08. The minimum absolute atomic E-state index is 0.174. The highest BCUT2D eigenvalue weighted by molar-refractivity contribution is 6.33. The third kappa shape index (κ3) is 4.69. The SMILES string of the molecule is CCC(C)N(C)CCNC(=O)c1nc(N)ccc1Cl. The van der Waals surface area contributed by atoms with Gasteiger partial charge in [0.2, 0.25) is 0 Å². The van der Waals surface area contributed by atoms with Crippen LogP contribution in [0.15, 0.2) is 12.1 Å². The summed E-state index contributed by atoms with van der Waals surface area (Å²) in [7, 11) is 2.03. The van der Waals surface area contributed by atoms with E-state index in [4.69, 9.17) is 17.3 Å². The van der Waals surface area contributed by atoms with E-state index in [0.29, 0.717) is 17.6 Å². The molecule has 0 spiro atoms. The van der Waals surface area contributed by atoms with Gasteiger partial charge in [0.1, 0.15) is 11.5 Å². The Morgan fingerprint density at radius 1 is 1.58 bits per heavy atom. The van der Waals surface area contributed by atoms with Crippen LogP contribution in [0.2, 0.25) is 5.02 Å². The number of nitrogens with two attached hydrogens (primary N) is 1. The molecule has 5 nitrogen and oxygen atoms in total. The third-order valence-electron chi connectivity index (χ3n) is 3.18. The fourth-order valence-corrected chi connectivity index (χ4v) is 1.77. The maximum absolute atomic E-state index is 11.9. The molecular weight excluding hydrogens is 264 g/mol. The highest BCUT2D eigenvalue weighted by Crippen LogP contribution is 2.14. The van der Waals surface area contributed by atoms with Gasteiger partial charge in [-0.1, -0.05) is 18.5 Å². The van der Waals surface area contributed by atoms with Crippen molar-refractivity contribution in [3.8, 4) is 0 Å². The number of carbonyl (C=O) groups is 1. The largest absolute Gasteiger partial charge is 0.384 e. The van der Waals surface area contributed by atoms with Gasteiger partial charge in [0, 0.05) is 19.1 Å². The van der Waals surface area contributed by atoms with Crippen molar-refractivity contribution in [3.05, 3.63) is 22.8 Å². The van der Waals surface area contributed by atoms with Gasteiger partial charge >= 0.3 is 0 Å². The summed E-state index contributed by atoms with van der Waals surface area (Å²) in [6, 6.07) is 3.63. The molecule has 0 aliphatic carbocycles. The van der Waals surface area contributed by atoms with E-state index in [-0.39, 0.29) is 17.4 Å². The van der Waals surface area contributed by atoms with E-state index in [1.165, 1.54) is 0 Å². The van der Waals surface area contributed by atoms with Crippen LogP contribution in [0.1, 0.15) is 30.8 Å². The standard InChI is InChI=1S/C13H21ClN4O/c1-4-9(2)18(3)8-7-16-13(19)12-10(14)5-6-11(15)17-12/h5-6,9H,4,7-8H2,1-3H3,(H2,15,17)(H,16,19). The summed E-state index contributed by atoms with van der Waals surface area (Å²) < 4.78 is 0. The second-order valence-corrected chi connectivity index (χ2v) is 4.97. The van der Waals surface area contributed by atoms with E-state index in [9.17, 15) is 4.79 Å². The number of hydrogen-bond acceptors (Lipinski definition) is 4. The average molecular weight is 285 g/mol. The molecule has 1 heterocycles. The van der Waals surface area contributed by atoms with Crippen LogP contribution in [0.5, 0.6) is 0 Å². The molecular formula is C13H21ClN4O. The maximum atomic E-state index is 11.9. The van der Waals surface area contributed by atoms with E-state index in [2.05, 4.69) is 29.0 Å². The molecule has 1 unspecified atom stereocenters. The summed E-state index contributed by atoms with van der Waals surface area (Å²) >= 11 is 5.92. The van der Waals surface area contributed by atoms with E-state index in [0.717, 1.165) is 13.0 Å². The molecule has 0 aliphatic rings. The fraction of sp³-hybridized carbons (Fsp3) is 0.538. The number of aromatic nitrogens is 1. The van der Waals surface area contributed by atoms with Gasteiger partial charge in [-0.15, -0.1) is 0 Å². The predicted octanol–water partition coefficient (Wildman–Crippen LogP) is 1.78. The lowest BCUT2D eigenvalue weighted by Crippen LogP contribution is -2.37. The fourth-order valence-electron chi connectivity index (χ4n) is 1.58. The molecule has 19 heavy (non-hydrogen) atoms. The third-order valence-corrected chi connectivity index (χ3v) is 3.48. The Morgan fingerprint density at radius 2 is 2.26 bits per heavy atom. The first kappa shape index (κ1) is 15.7. The molecule has 1 rings (SSSR count). The van der Waals surface area contributed by atoms with Gasteiger partial charge in [0.15, 0.2) is 0 Å². The molecule has 106 valence electrons. The van der Waals surface area contributed by atoms with Crippen molar-refractivity contribution >= 4 is 23.3 Å². The van der Waals surface area contributed by atoms with Crippen LogP contribution in [0.4, 0.5) is 5.82 Å². The Morgan fingerprint density at radius 3 is 2.89 bits per heavy atom. The van der Waals surface area contributed by atoms with E-state index in [1.54, 1.807) is 12.1 Å². The molecule has 1 amide bonds. The van der Waals surface area contributed by atoms with Crippen molar-refractivity contribution in [2.24, 2.45) is 0 Å². The van der Waals surface area contributed by atoms with Crippen LogP contribution in [0.3, 0.4) is 0 Å². The normalized spacial score (nSPS) is 12.5. The number of pyridine rings is 1. The number of anilines is 1. The highest BCUT2D eigenvalue weighted by Gasteiger charge is 2.13. The van der Waals surface area contributed by atoms with Crippen LogP contribution in [0.25, 0.3) is 0 Å². The van der Waals surface area contributed by atoms with Crippen molar-refractivity contribution in [3.63, 3.8) is 0 Å². The molecule has 1 aromatic heterocycles. The Kier molecular flexibility index (Phi) is 6.05. The molecule has 1 aromatic rings. The Balaban J connectivity index is 2.50. The summed E-state index contributed by atoms with van der Waals surface area (Å²) in [5, 5.41) is 3.10. The molecule has 3 N–H and O–H groups in total. The maximum Gasteiger partial charge on any atom is 0.271 e. The minimum atomic E-state index is -0.296. The van der Waals surface area contributed by atoms with Gasteiger partial charge in [-0.2, -0.15) is 0 Å². The molecule has 0 fully saturated rings. The number of nitrogens with zero attached hydrogens (tertiary/aromatic N) is 2. The lowest BCUT2D eigenvalue weighted by molar-refractivity contribution is 0.0942. The first-order chi connectivity index (χ1) is 8.95. The summed E-state index contributed by atoms with van der Waals surface area (Å²) in [4.78, 5) is 18.0. The second kappa shape index (κ2) is 7.31. The summed E-state index contributed by atoms with van der Waals surface area (Å²) in [5.74, 6) is -0.0128. The number of carbonyl (C=O) groups excluding carboxylic acids is 1. The quantitative estimate of drug-likeness (QED) is 0.835. The zero-order chi connectivity index (χ0) is 14.4. The molecule has 0 bridgehead atoms. The number of halogens is 1. The lowest BCUT2D eigenvalue weighted by atomic mass is 10.2. The number of likely N-dealkylation sites (N-methyl/N-ethyl adjacent to an activating group) is 1. The Labute approximate surface area is 119 Å². The molecule has 1 atom stereocenters. The van der Waals surface area contributed by atoms with Crippen molar-refractivity contribution in [2.45, 2.75) is 26.3 Å². The van der Waals surface area contributed by atoms with E-state index < -0.39 is 0 Å². The first-order valence-electron chi connectivity index (χ1n) is 6.36. The molecule has 6 heteroatoms. The molecule has 0 aliphatic heterocycles. The number of amides is 1. The Hall–Kier alpha value is -1.33. The van der Waals surface area contributed by atoms with Crippen LogP contribution in [-0.2, 0) is 0 Å². The molecule has 0 radical (unpaired) electrons. The smallest absolute Gasteiger partial charge is 0.271 e. The van der Waals surface area contributed by atoms with Gasteiger partial charge in [-0.3, -0.25) is 4.79 Å². The van der Waals surface area contributed by atoms with Crippen molar-refractivity contribution in [1.29, 1.82) is 0 Å². The number of nitrogen functional groups attached to an aromatic ring is 1. The monoisotopic (exact) mass is 284 g/mol. The van der Waals surface area contributed by atoms with Gasteiger partial charge in [0.05, 0.1) is 5.02 Å². The molecule has 0 saturated carbocycles. The van der Waals surface area contributed by atoms with Crippen LogP contribution in [0, 0.1) is 0 Å². The molecule has 0 saturated heterocycles. The lowest BCUT2D eigenvalue weighted by Gasteiger charge is -2.23. The highest BCUT2D eigenvalue weighted by atomic mass is 35.5. The van der Waals surface area contributed by atoms with Crippen LogP contribution in [-0.4, -0.2) is 42.0 Å². The minimum Gasteiger partial charge on any atom is -0.384 e. The predicted molar refractivity (Wildman–Crippen MR) is 78.4 cm³/mol. The second-order valence-electron chi connectivity index (χ2n) is 4.56. The van der Waals surface area contributed by atoms with Gasteiger partial charge in [-0.05, 0) is 32.5 Å². The number of rotatable bonds is 6. The molecule has 0 aromatic carbocycles.